The molecule has 0 fully saturated rings. The van der Waals surface area contributed by atoms with Gasteiger partial charge < -0.3 is 5.11 Å². The number of hydrogen-bond donors (Lipinski definition) is 2. The minimum absolute atomic E-state index is 0. The molecule has 1 aromatic carbocycles. The molecule has 0 unspecified atom stereocenters. The van der Waals surface area contributed by atoms with Crippen molar-refractivity contribution in [1.29, 1.82) is 0 Å². The van der Waals surface area contributed by atoms with Gasteiger partial charge in [0.1, 0.15) is 5.75 Å². The van der Waals surface area contributed by atoms with E-state index in [4.69, 9.17) is 5.11 Å². The smallest absolute Gasteiger partial charge is 0.220 e. The predicted molar refractivity (Wildman–Crippen MR) is 41.4 cm³/mol. The van der Waals surface area contributed by atoms with Gasteiger partial charge in [0.25, 0.3) is 0 Å². The first-order valence-corrected chi connectivity index (χ1v) is 3.18. The Balaban J connectivity index is 0.000001000. The molecule has 0 saturated carbocycles. The Morgan fingerprint density at radius 1 is 1.36 bits per heavy atom. The van der Waals surface area contributed by atoms with Gasteiger partial charge in [-0.2, -0.15) is 0 Å². The summed E-state index contributed by atoms with van der Waals surface area (Å²) in [6.07, 6.45) is 0. The van der Waals surface area contributed by atoms with E-state index in [1.165, 1.54) is 12.1 Å². The fourth-order valence-electron chi connectivity index (χ4n) is 0.654. The van der Waals surface area contributed by atoms with Gasteiger partial charge in [-0.15, -0.1) is 12.6 Å². The summed E-state index contributed by atoms with van der Waals surface area (Å²) < 4.78 is 0. The summed E-state index contributed by atoms with van der Waals surface area (Å²) in [4.78, 5) is 10.6. The fraction of sp³-hybridized carbons (Fsp3) is 0. The molecule has 0 aliphatic rings. The topological polar surface area (TPSA) is 37.3 Å². The molecule has 1 N–H and O–H groups in total. The van der Waals surface area contributed by atoms with Crippen molar-refractivity contribution < 1.29 is 27.0 Å². The first-order valence-electron chi connectivity index (χ1n) is 2.73. The number of thiol groups is 1. The molecule has 0 aliphatic heterocycles. The van der Waals surface area contributed by atoms with Crippen LogP contribution in [0.1, 0.15) is 10.4 Å². The Bertz CT molecular complexity index is 262. The Hall–Kier alpha value is -0.441. The van der Waals surface area contributed by atoms with Gasteiger partial charge in [0.15, 0.2) is 0 Å². The standard InChI is InChI=1S/C7H6O2S.Mn/c8-6-4-2-1-3-5(6)7(9)10;/h1-4,8H,(H,9,10);. The van der Waals surface area contributed by atoms with Gasteiger partial charge in [0, 0.05) is 17.1 Å². The third-order valence-corrected chi connectivity index (χ3v) is 1.38. The molecule has 0 atom stereocenters. The van der Waals surface area contributed by atoms with E-state index in [1.807, 2.05) is 0 Å². The third-order valence-electron chi connectivity index (χ3n) is 1.13. The Labute approximate surface area is 80.5 Å². The van der Waals surface area contributed by atoms with Crippen LogP contribution >= 0.6 is 12.6 Å². The maximum Gasteiger partial charge on any atom is 0.220 e. The largest absolute Gasteiger partial charge is 0.507 e. The Kier molecular flexibility index (Phi) is 4.26. The van der Waals surface area contributed by atoms with Crippen LogP contribution in [0, 0.1) is 0 Å². The maximum atomic E-state index is 10.6. The monoisotopic (exact) mass is 209 g/mol. The molecule has 0 saturated heterocycles. The van der Waals surface area contributed by atoms with E-state index in [0.717, 1.165) is 0 Å². The minimum Gasteiger partial charge on any atom is -0.507 e. The quantitative estimate of drug-likeness (QED) is 0.542. The molecule has 0 heterocycles. The van der Waals surface area contributed by atoms with Gasteiger partial charge in [-0.1, -0.05) is 12.1 Å². The molecule has 1 radical (unpaired) electrons. The molecule has 0 spiro atoms. The second-order valence-electron chi connectivity index (χ2n) is 1.82. The van der Waals surface area contributed by atoms with Crippen LogP contribution in [0.4, 0.5) is 0 Å². The number of hydrogen-bond acceptors (Lipinski definition) is 2. The maximum absolute atomic E-state index is 10.6. The molecule has 1 aromatic rings. The third kappa shape index (κ3) is 2.58. The molecule has 0 amide bonds. The predicted octanol–water partition coefficient (Wildman–Crippen LogP) is 1.46. The van der Waals surface area contributed by atoms with E-state index in [2.05, 4.69) is 12.6 Å². The van der Waals surface area contributed by atoms with Crippen molar-refractivity contribution in [2.75, 3.05) is 0 Å². The van der Waals surface area contributed by atoms with Crippen LogP contribution in [-0.2, 0) is 17.1 Å². The van der Waals surface area contributed by atoms with E-state index >= 15 is 0 Å². The summed E-state index contributed by atoms with van der Waals surface area (Å²) in [5.41, 5.74) is 0.242. The van der Waals surface area contributed by atoms with Gasteiger partial charge in [0.05, 0.1) is 5.56 Å². The first kappa shape index (κ1) is 10.6. The molecule has 0 aliphatic carbocycles. The summed E-state index contributed by atoms with van der Waals surface area (Å²) in [6, 6.07) is 6.28. The van der Waals surface area contributed by atoms with Gasteiger partial charge in [-0.3, -0.25) is 4.79 Å². The minimum atomic E-state index is -0.418. The zero-order chi connectivity index (χ0) is 7.56. The number of phenolic OH excluding ortho intramolecular Hbond substituents is 1. The van der Waals surface area contributed by atoms with Crippen LogP contribution in [0.5, 0.6) is 5.75 Å². The fourth-order valence-corrected chi connectivity index (χ4v) is 0.844. The van der Waals surface area contributed by atoms with E-state index in [0.29, 0.717) is 0 Å². The number of rotatable bonds is 1. The normalized spacial score (nSPS) is 8.45. The summed E-state index contributed by atoms with van der Waals surface area (Å²) in [6.45, 7) is 0. The number of para-hydroxylation sites is 1. The van der Waals surface area contributed by atoms with E-state index in [-0.39, 0.29) is 28.4 Å². The van der Waals surface area contributed by atoms with Crippen molar-refractivity contribution in [3.63, 3.8) is 0 Å². The molecule has 1 rings (SSSR count). The molecule has 11 heavy (non-hydrogen) atoms. The second-order valence-corrected chi connectivity index (χ2v) is 2.23. The van der Waals surface area contributed by atoms with Gasteiger partial charge >= 0.3 is 0 Å². The van der Waals surface area contributed by atoms with Crippen LogP contribution in [-0.4, -0.2) is 10.2 Å². The van der Waals surface area contributed by atoms with Crippen molar-refractivity contribution in [2.45, 2.75) is 0 Å². The van der Waals surface area contributed by atoms with Gasteiger partial charge in [-0.05, 0) is 12.1 Å². The average Bonchev–Trinajstić information content (AvgIpc) is 1.88. The number of carbonyl (C=O) groups excluding carboxylic acids is 1. The first-order chi connectivity index (χ1) is 4.72. The van der Waals surface area contributed by atoms with Crippen molar-refractivity contribution >= 4 is 17.7 Å². The summed E-state index contributed by atoms with van der Waals surface area (Å²) >= 11 is 3.56. The van der Waals surface area contributed by atoms with Crippen LogP contribution in [0.25, 0.3) is 0 Å². The summed E-state index contributed by atoms with van der Waals surface area (Å²) in [7, 11) is 0. The van der Waals surface area contributed by atoms with E-state index < -0.39 is 5.12 Å². The van der Waals surface area contributed by atoms with Crippen LogP contribution in [0.15, 0.2) is 24.3 Å². The van der Waals surface area contributed by atoms with Crippen LogP contribution in [0.2, 0.25) is 0 Å². The molecule has 0 aromatic heterocycles. The van der Waals surface area contributed by atoms with E-state index in [9.17, 15) is 4.79 Å². The average molecular weight is 209 g/mol. The number of aromatic hydroxyl groups is 1. The molecular weight excluding hydrogens is 203 g/mol. The van der Waals surface area contributed by atoms with Gasteiger partial charge in [0.2, 0.25) is 5.12 Å². The Morgan fingerprint density at radius 2 is 1.91 bits per heavy atom. The molecule has 4 heteroatoms. The summed E-state index contributed by atoms with van der Waals surface area (Å²) in [5.74, 6) is -0.0255. The number of benzene rings is 1. The van der Waals surface area contributed by atoms with Gasteiger partial charge in [-0.25, -0.2) is 0 Å². The zero-order valence-corrected chi connectivity index (χ0v) is 7.56. The van der Waals surface area contributed by atoms with Crippen molar-refractivity contribution in [2.24, 2.45) is 0 Å². The van der Waals surface area contributed by atoms with E-state index in [1.54, 1.807) is 12.1 Å². The second kappa shape index (κ2) is 4.44. The van der Waals surface area contributed by atoms with Crippen molar-refractivity contribution in [3.8, 4) is 5.75 Å². The summed E-state index contributed by atoms with van der Waals surface area (Å²) in [5, 5.41) is 8.59. The molecular formula is C7H6MnO2S. The van der Waals surface area contributed by atoms with Crippen molar-refractivity contribution in [1.82, 2.24) is 0 Å². The molecule has 2 nitrogen and oxygen atoms in total. The SMILES string of the molecule is O=C(S)c1ccccc1O.[Mn]. The molecule has 59 valence electrons. The zero-order valence-electron chi connectivity index (χ0n) is 5.49. The van der Waals surface area contributed by atoms with Crippen LogP contribution < -0.4 is 0 Å². The Morgan fingerprint density at radius 3 is 2.27 bits per heavy atom. The molecule has 0 bridgehead atoms. The van der Waals surface area contributed by atoms with Crippen molar-refractivity contribution in [3.05, 3.63) is 29.8 Å². The number of carbonyl (C=O) groups is 1. The van der Waals surface area contributed by atoms with Crippen LogP contribution in [0.3, 0.4) is 0 Å². The number of phenols is 1.